The zero-order valence-electron chi connectivity index (χ0n) is 11.6. The highest BCUT2D eigenvalue weighted by Gasteiger charge is 2.33. The number of carbonyl (C=O) groups is 1. The molecule has 1 amide bonds. The standard InChI is InChI=1S/C15H20FNO2S/c1-11-6-8-17(14(11)10-18)15(19)7-9-20-13-4-2-12(16)3-5-13/h2-5,11,14,18H,6-10H2,1H3. The van der Waals surface area contributed by atoms with Crippen LogP contribution in [0.5, 0.6) is 0 Å². The van der Waals surface area contributed by atoms with Crippen LogP contribution in [0.25, 0.3) is 0 Å². The molecule has 1 aliphatic rings. The van der Waals surface area contributed by atoms with Gasteiger partial charge in [0.1, 0.15) is 5.82 Å². The minimum Gasteiger partial charge on any atom is -0.394 e. The largest absolute Gasteiger partial charge is 0.394 e. The van der Waals surface area contributed by atoms with Gasteiger partial charge in [-0.15, -0.1) is 11.8 Å². The van der Waals surface area contributed by atoms with Crippen LogP contribution in [0.1, 0.15) is 19.8 Å². The summed E-state index contributed by atoms with van der Waals surface area (Å²) in [5.41, 5.74) is 0. The number of aliphatic hydroxyl groups is 1. The molecule has 0 bridgehead atoms. The Bertz CT molecular complexity index is 452. The molecular formula is C15H20FNO2S. The van der Waals surface area contributed by atoms with Crippen molar-refractivity contribution in [1.82, 2.24) is 4.90 Å². The highest BCUT2D eigenvalue weighted by Crippen LogP contribution is 2.25. The first-order valence-corrected chi connectivity index (χ1v) is 7.89. The van der Waals surface area contributed by atoms with Gasteiger partial charge in [-0.3, -0.25) is 4.79 Å². The number of carbonyl (C=O) groups excluding carboxylic acids is 1. The van der Waals surface area contributed by atoms with E-state index in [0.29, 0.717) is 18.1 Å². The number of halogens is 1. The summed E-state index contributed by atoms with van der Waals surface area (Å²) >= 11 is 1.55. The molecule has 1 saturated heterocycles. The van der Waals surface area contributed by atoms with Gasteiger partial charge in [-0.1, -0.05) is 6.92 Å². The number of rotatable bonds is 5. The Morgan fingerprint density at radius 3 is 2.80 bits per heavy atom. The quantitative estimate of drug-likeness (QED) is 0.849. The second kappa shape index (κ2) is 7.09. The van der Waals surface area contributed by atoms with Gasteiger partial charge in [-0.25, -0.2) is 4.39 Å². The molecular weight excluding hydrogens is 277 g/mol. The van der Waals surface area contributed by atoms with E-state index < -0.39 is 0 Å². The second-order valence-corrected chi connectivity index (χ2v) is 6.32. The molecule has 1 fully saturated rings. The van der Waals surface area contributed by atoms with Crippen LogP contribution in [0.2, 0.25) is 0 Å². The first-order valence-electron chi connectivity index (χ1n) is 6.90. The van der Waals surface area contributed by atoms with Crippen molar-refractivity contribution >= 4 is 17.7 Å². The Morgan fingerprint density at radius 2 is 2.15 bits per heavy atom. The molecule has 5 heteroatoms. The lowest BCUT2D eigenvalue weighted by molar-refractivity contribution is -0.132. The zero-order chi connectivity index (χ0) is 14.5. The lowest BCUT2D eigenvalue weighted by Gasteiger charge is -2.25. The molecule has 1 heterocycles. The van der Waals surface area contributed by atoms with E-state index >= 15 is 0 Å². The number of hydrogen-bond donors (Lipinski definition) is 1. The summed E-state index contributed by atoms with van der Waals surface area (Å²) in [5, 5.41) is 9.35. The Hall–Kier alpha value is -1.07. The summed E-state index contributed by atoms with van der Waals surface area (Å²) in [6.45, 7) is 2.85. The summed E-state index contributed by atoms with van der Waals surface area (Å²) in [5.74, 6) is 0.895. The number of benzene rings is 1. The fourth-order valence-corrected chi connectivity index (χ4v) is 3.37. The van der Waals surface area contributed by atoms with Crippen LogP contribution >= 0.6 is 11.8 Å². The third-order valence-electron chi connectivity index (χ3n) is 3.79. The molecule has 0 saturated carbocycles. The number of thioether (sulfide) groups is 1. The average Bonchev–Trinajstić information content (AvgIpc) is 2.82. The third-order valence-corrected chi connectivity index (χ3v) is 4.80. The minimum absolute atomic E-state index is 0.0293. The summed E-state index contributed by atoms with van der Waals surface area (Å²) < 4.78 is 12.8. The third kappa shape index (κ3) is 3.73. The van der Waals surface area contributed by atoms with Crippen molar-refractivity contribution in [3.05, 3.63) is 30.1 Å². The van der Waals surface area contributed by atoms with E-state index in [1.54, 1.807) is 28.8 Å². The Balaban J connectivity index is 1.79. The predicted octanol–water partition coefficient (Wildman–Crippen LogP) is 2.54. The maximum Gasteiger partial charge on any atom is 0.223 e. The van der Waals surface area contributed by atoms with Crippen LogP contribution < -0.4 is 0 Å². The zero-order valence-corrected chi connectivity index (χ0v) is 12.4. The van der Waals surface area contributed by atoms with Gasteiger partial charge >= 0.3 is 0 Å². The molecule has 3 nitrogen and oxygen atoms in total. The molecule has 1 aliphatic heterocycles. The average molecular weight is 297 g/mol. The molecule has 0 aromatic heterocycles. The van der Waals surface area contributed by atoms with E-state index in [1.807, 2.05) is 0 Å². The van der Waals surface area contributed by atoms with E-state index in [1.165, 1.54) is 12.1 Å². The Labute approximate surface area is 123 Å². The van der Waals surface area contributed by atoms with Crippen LogP contribution in [0.3, 0.4) is 0 Å². The van der Waals surface area contributed by atoms with Crippen LogP contribution in [0.15, 0.2) is 29.2 Å². The molecule has 0 radical (unpaired) electrons. The van der Waals surface area contributed by atoms with Crippen molar-refractivity contribution in [3.63, 3.8) is 0 Å². The topological polar surface area (TPSA) is 40.5 Å². The normalized spacial score (nSPS) is 22.2. The summed E-state index contributed by atoms with van der Waals surface area (Å²) in [7, 11) is 0. The van der Waals surface area contributed by atoms with Crippen LogP contribution in [0.4, 0.5) is 4.39 Å². The predicted molar refractivity (Wildman–Crippen MR) is 78.1 cm³/mol. The van der Waals surface area contributed by atoms with Crippen LogP contribution in [0, 0.1) is 11.7 Å². The van der Waals surface area contributed by atoms with Crippen molar-refractivity contribution in [2.45, 2.75) is 30.7 Å². The fourth-order valence-electron chi connectivity index (χ4n) is 2.53. The first-order chi connectivity index (χ1) is 9.61. The summed E-state index contributed by atoms with van der Waals surface area (Å²) in [6.07, 6.45) is 1.41. The first kappa shape index (κ1) is 15.3. The molecule has 110 valence electrons. The van der Waals surface area contributed by atoms with Crippen LogP contribution in [-0.2, 0) is 4.79 Å². The van der Waals surface area contributed by atoms with E-state index in [9.17, 15) is 14.3 Å². The van der Waals surface area contributed by atoms with Crippen molar-refractivity contribution in [1.29, 1.82) is 0 Å². The molecule has 0 aliphatic carbocycles. The van der Waals surface area contributed by atoms with Gasteiger partial charge in [-0.05, 0) is 36.6 Å². The van der Waals surface area contributed by atoms with Crippen LogP contribution in [-0.4, -0.2) is 40.9 Å². The number of amides is 1. The maximum atomic E-state index is 12.8. The highest BCUT2D eigenvalue weighted by atomic mass is 32.2. The van der Waals surface area contributed by atoms with Crippen molar-refractivity contribution in [2.24, 2.45) is 5.92 Å². The fraction of sp³-hybridized carbons (Fsp3) is 0.533. The van der Waals surface area contributed by atoms with Gasteiger partial charge in [0.25, 0.3) is 0 Å². The van der Waals surface area contributed by atoms with E-state index in [2.05, 4.69) is 6.92 Å². The maximum absolute atomic E-state index is 12.8. The highest BCUT2D eigenvalue weighted by molar-refractivity contribution is 7.99. The van der Waals surface area contributed by atoms with E-state index in [0.717, 1.165) is 17.9 Å². The smallest absolute Gasteiger partial charge is 0.223 e. The number of likely N-dealkylation sites (tertiary alicyclic amines) is 1. The lowest BCUT2D eigenvalue weighted by atomic mass is 10.0. The van der Waals surface area contributed by atoms with Gasteiger partial charge in [0.2, 0.25) is 5.91 Å². The Kier molecular flexibility index (Phi) is 5.43. The van der Waals surface area contributed by atoms with E-state index in [-0.39, 0.29) is 24.4 Å². The SMILES string of the molecule is CC1CCN(C(=O)CCSc2ccc(F)cc2)C1CO. The van der Waals surface area contributed by atoms with Crippen molar-refractivity contribution < 1.29 is 14.3 Å². The van der Waals surface area contributed by atoms with Crippen molar-refractivity contribution in [2.75, 3.05) is 18.9 Å². The van der Waals surface area contributed by atoms with Crippen molar-refractivity contribution in [3.8, 4) is 0 Å². The molecule has 1 N–H and O–H groups in total. The monoisotopic (exact) mass is 297 g/mol. The van der Waals surface area contributed by atoms with Gasteiger partial charge in [0.05, 0.1) is 12.6 Å². The number of hydrogen-bond acceptors (Lipinski definition) is 3. The Morgan fingerprint density at radius 1 is 1.45 bits per heavy atom. The van der Waals surface area contributed by atoms with Gasteiger partial charge < -0.3 is 10.0 Å². The van der Waals surface area contributed by atoms with Gasteiger partial charge in [-0.2, -0.15) is 0 Å². The van der Waals surface area contributed by atoms with Gasteiger partial charge in [0, 0.05) is 23.6 Å². The summed E-state index contributed by atoms with van der Waals surface area (Å²) in [6, 6.07) is 6.26. The molecule has 1 aromatic rings. The minimum atomic E-state index is -0.248. The molecule has 2 atom stereocenters. The summed E-state index contributed by atoms with van der Waals surface area (Å²) in [4.78, 5) is 14.9. The molecule has 20 heavy (non-hydrogen) atoms. The van der Waals surface area contributed by atoms with E-state index in [4.69, 9.17) is 0 Å². The molecule has 2 unspecified atom stereocenters. The molecule has 0 spiro atoms. The number of nitrogens with zero attached hydrogens (tertiary/aromatic N) is 1. The van der Waals surface area contributed by atoms with Gasteiger partial charge in [0.15, 0.2) is 0 Å². The lowest BCUT2D eigenvalue weighted by Crippen LogP contribution is -2.39. The number of aliphatic hydroxyl groups excluding tert-OH is 1. The second-order valence-electron chi connectivity index (χ2n) is 5.16. The molecule has 1 aromatic carbocycles. The molecule has 2 rings (SSSR count).